The van der Waals surface area contributed by atoms with E-state index in [1.165, 1.54) is 7.11 Å². The first-order valence-electron chi connectivity index (χ1n) is 7.73. The molecule has 0 radical (unpaired) electrons. The average Bonchev–Trinajstić information content (AvgIpc) is 2.59. The molecule has 0 heterocycles. The van der Waals surface area contributed by atoms with E-state index in [-0.39, 0.29) is 18.4 Å². The number of rotatable bonds is 6. The third-order valence-electron chi connectivity index (χ3n) is 3.67. The number of benzene rings is 2. The largest absolute Gasteiger partial charge is 0.467 e. The third-order valence-corrected chi connectivity index (χ3v) is 3.67. The molecule has 0 aromatic heterocycles. The molecule has 134 valence electrons. The number of carbonyl (C=O) groups is 2. The summed E-state index contributed by atoms with van der Waals surface area (Å²) in [7, 11) is 1.18. The summed E-state index contributed by atoms with van der Waals surface area (Å²) in [6.45, 7) is 0. The Bertz CT molecular complexity index is 842. The Morgan fingerprint density at radius 2 is 1.85 bits per heavy atom. The Morgan fingerprint density at radius 1 is 1.19 bits per heavy atom. The van der Waals surface area contributed by atoms with E-state index in [0.29, 0.717) is 17.2 Å². The summed E-state index contributed by atoms with van der Waals surface area (Å²) < 4.78 is 31.1. The zero-order valence-electron chi connectivity index (χ0n) is 14.0. The van der Waals surface area contributed by atoms with Crippen molar-refractivity contribution in [3.63, 3.8) is 0 Å². The van der Waals surface area contributed by atoms with E-state index in [9.17, 15) is 18.4 Å². The molecule has 2 aromatic rings. The fourth-order valence-electron chi connectivity index (χ4n) is 2.51. The summed E-state index contributed by atoms with van der Waals surface area (Å²) in [5, 5.41) is 11.6. The lowest BCUT2D eigenvalue weighted by atomic mass is 10.0. The Kier molecular flexibility index (Phi) is 6.39. The van der Waals surface area contributed by atoms with Crippen LogP contribution in [0.3, 0.4) is 0 Å². The Balaban J connectivity index is 2.13. The zero-order valence-corrected chi connectivity index (χ0v) is 14.0. The van der Waals surface area contributed by atoms with Gasteiger partial charge in [0.05, 0.1) is 25.2 Å². The second kappa shape index (κ2) is 8.72. The fourth-order valence-corrected chi connectivity index (χ4v) is 2.51. The number of ether oxygens (including phenoxy) is 1. The van der Waals surface area contributed by atoms with Crippen molar-refractivity contribution in [2.24, 2.45) is 0 Å². The van der Waals surface area contributed by atoms with Crippen molar-refractivity contribution >= 4 is 11.9 Å². The number of nitrogens with zero attached hydrogens (tertiary/aromatic N) is 1. The molecule has 2 aromatic carbocycles. The summed E-state index contributed by atoms with van der Waals surface area (Å²) in [6.07, 6.45) is -0.248. The molecular weight excluding hydrogens is 342 g/mol. The van der Waals surface area contributed by atoms with Gasteiger partial charge in [-0.1, -0.05) is 18.2 Å². The lowest BCUT2D eigenvalue weighted by Crippen LogP contribution is -2.43. The summed E-state index contributed by atoms with van der Waals surface area (Å²) >= 11 is 0. The van der Waals surface area contributed by atoms with Crippen molar-refractivity contribution in [2.75, 3.05) is 7.11 Å². The van der Waals surface area contributed by atoms with Gasteiger partial charge >= 0.3 is 5.97 Å². The fraction of sp³-hybridized carbons (Fsp3) is 0.211. The van der Waals surface area contributed by atoms with Gasteiger partial charge in [-0.15, -0.1) is 0 Å². The first-order chi connectivity index (χ1) is 12.4. The Labute approximate surface area is 149 Å². The molecule has 26 heavy (non-hydrogen) atoms. The standard InChI is InChI=1S/C19H16F2N2O3/c1-26-19(25)17(9-13-4-2-3-5-14(13)11-22)23-18(24)8-12-6-15(20)10-16(21)7-12/h2-7,10,17H,8-9H2,1H3,(H,23,24)/t17-/m0/s1. The summed E-state index contributed by atoms with van der Waals surface area (Å²) in [6, 6.07) is 10.4. The molecular formula is C19H16F2N2O3. The van der Waals surface area contributed by atoms with Gasteiger partial charge < -0.3 is 10.1 Å². The van der Waals surface area contributed by atoms with Gasteiger partial charge in [-0.25, -0.2) is 13.6 Å². The number of hydrogen-bond acceptors (Lipinski definition) is 4. The van der Waals surface area contributed by atoms with Gasteiger partial charge in [-0.2, -0.15) is 5.26 Å². The van der Waals surface area contributed by atoms with Crippen LogP contribution in [0.2, 0.25) is 0 Å². The van der Waals surface area contributed by atoms with Crippen LogP contribution in [-0.2, 0) is 27.2 Å². The minimum absolute atomic E-state index is 0.0552. The van der Waals surface area contributed by atoms with E-state index in [1.54, 1.807) is 24.3 Å². The predicted octanol–water partition coefficient (Wildman–Crippen LogP) is 2.28. The van der Waals surface area contributed by atoms with Crippen molar-refractivity contribution in [2.45, 2.75) is 18.9 Å². The molecule has 5 nitrogen and oxygen atoms in total. The van der Waals surface area contributed by atoms with Crippen LogP contribution in [-0.4, -0.2) is 25.0 Å². The lowest BCUT2D eigenvalue weighted by Gasteiger charge is -2.17. The minimum Gasteiger partial charge on any atom is -0.467 e. The first kappa shape index (κ1) is 19.1. The highest BCUT2D eigenvalue weighted by Crippen LogP contribution is 2.12. The Morgan fingerprint density at radius 3 is 2.46 bits per heavy atom. The maximum Gasteiger partial charge on any atom is 0.328 e. The minimum atomic E-state index is -1.03. The highest BCUT2D eigenvalue weighted by molar-refractivity contribution is 5.85. The molecule has 0 spiro atoms. The summed E-state index contributed by atoms with van der Waals surface area (Å²) in [5.74, 6) is -2.86. The number of amides is 1. The van der Waals surface area contributed by atoms with E-state index in [2.05, 4.69) is 5.32 Å². The molecule has 1 N–H and O–H groups in total. The number of carbonyl (C=O) groups excluding carboxylic acids is 2. The van der Waals surface area contributed by atoms with Crippen LogP contribution in [0.4, 0.5) is 8.78 Å². The predicted molar refractivity (Wildman–Crippen MR) is 88.9 cm³/mol. The normalized spacial score (nSPS) is 11.3. The van der Waals surface area contributed by atoms with Crippen molar-refractivity contribution in [1.82, 2.24) is 5.32 Å². The average molecular weight is 358 g/mol. The number of halogens is 2. The smallest absolute Gasteiger partial charge is 0.328 e. The van der Waals surface area contributed by atoms with E-state index in [0.717, 1.165) is 12.1 Å². The molecule has 0 saturated heterocycles. The van der Waals surface area contributed by atoms with Gasteiger partial charge in [0.15, 0.2) is 0 Å². The first-order valence-corrected chi connectivity index (χ1v) is 7.73. The van der Waals surface area contributed by atoms with Crippen molar-refractivity contribution in [1.29, 1.82) is 5.26 Å². The van der Waals surface area contributed by atoms with Crippen LogP contribution in [0.25, 0.3) is 0 Å². The number of esters is 1. The molecule has 0 aliphatic heterocycles. The van der Waals surface area contributed by atoms with Gasteiger partial charge in [-0.05, 0) is 29.3 Å². The zero-order chi connectivity index (χ0) is 19.1. The molecule has 0 fully saturated rings. The molecule has 1 atom stereocenters. The highest BCUT2D eigenvalue weighted by Gasteiger charge is 2.23. The van der Waals surface area contributed by atoms with Crippen LogP contribution >= 0.6 is 0 Å². The molecule has 0 aliphatic carbocycles. The van der Waals surface area contributed by atoms with E-state index < -0.39 is 29.6 Å². The SMILES string of the molecule is COC(=O)[C@H](Cc1ccccc1C#N)NC(=O)Cc1cc(F)cc(F)c1. The van der Waals surface area contributed by atoms with Crippen molar-refractivity contribution in [3.05, 3.63) is 70.8 Å². The molecule has 0 aliphatic rings. The maximum absolute atomic E-state index is 13.2. The van der Waals surface area contributed by atoms with E-state index in [4.69, 9.17) is 10.00 Å². The second-order valence-electron chi connectivity index (χ2n) is 5.57. The topological polar surface area (TPSA) is 79.2 Å². The van der Waals surface area contributed by atoms with E-state index in [1.807, 2.05) is 6.07 Å². The monoisotopic (exact) mass is 358 g/mol. The third kappa shape index (κ3) is 5.11. The van der Waals surface area contributed by atoms with Gasteiger partial charge in [0.2, 0.25) is 5.91 Å². The van der Waals surface area contributed by atoms with Crippen LogP contribution in [0, 0.1) is 23.0 Å². The van der Waals surface area contributed by atoms with Crippen LogP contribution in [0.5, 0.6) is 0 Å². The van der Waals surface area contributed by atoms with Crippen molar-refractivity contribution in [3.8, 4) is 6.07 Å². The summed E-state index contributed by atoms with van der Waals surface area (Å²) in [5.41, 5.74) is 1.09. The van der Waals surface area contributed by atoms with Gasteiger partial charge in [0.25, 0.3) is 0 Å². The number of nitriles is 1. The molecule has 0 bridgehead atoms. The molecule has 0 unspecified atom stereocenters. The molecule has 7 heteroatoms. The van der Waals surface area contributed by atoms with Crippen LogP contribution < -0.4 is 5.32 Å². The Hall–Kier alpha value is -3.27. The second-order valence-corrected chi connectivity index (χ2v) is 5.57. The van der Waals surface area contributed by atoms with Gasteiger partial charge in [-0.3, -0.25) is 4.79 Å². The number of hydrogen-bond donors (Lipinski definition) is 1. The number of nitrogens with one attached hydrogen (secondary N) is 1. The van der Waals surface area contributed by atoms with Gasteiger partial charge in [0.1, 0.15) is 17.7 Å². The molecule has 1 amide bonds. The number of methoxy groups -OCH3 is 1. The van der Waals surface area contributed by atoms with Crippen molar-refractivity contribution < 1.29 is 23.1 Å². The summed E-state index contributed by atoms with van der Waals surface area (Å²) in [4.78, 5) is 24.2. The maximum atomic E-state index is 13.2. The highest BCUT2D eigenvalue weighted by atomic mass is 19.1. The lowest BCUT2D eigenvalue weighted by molar-refractivity contribution is -0.145. The van der Waals surface area contributed by atoms with Crippen LogP contribution in [0.1, 0.15) is 16.7 Å². The molecule has 2 rings (SSSR count). The molecule has 0 saturated carbocycles. The van der Waals surface area contributed by atoms with Gasteiger partial charge in [0, 0.05) is 12.5 Å². The van der Waals surface area contributed by atoms with Crippen LogP contribution in [0.15, 0.2) is 42.5 Å². The van der Waals surface area contributed by atoms with E-state index >= 15 is 0 Å². The quantitative estimate of drug-likeness (QED) is 0.804.